The molecule has 0 radical (unpaired) electrons. The molecule has 0 unspecified atom stereocenters. The number of nitrogens with zero attached hydrogens (tertiary/aromatic N) is 1. The van der Waals surface area contributed by atoms with Crippen molar-refractivity contribution in [2.45, 2.75) is 25.3 Å². The van der Waals surface area contributed by atoms with Gasteiger partial charge in [-0.05, 0) is 18.8 Å². The first-order chi connectivity index (χ1) is 7.68. The largest absolute Gasteiger partial charge is 0.480 e. The summed E-state index contributed by atoms with van der Waals surface area (Å²) in [6.45, 7) is 0.687. The number of carbonyl (C=O) groups is 2. The van der Waals surface area contributed by atoms with Gasteiger partial charge >= 0.3 is 12.0 Å². The van der Waals surface area contributed by atoms with Crippen LogP contribution < -0.4 is 5.32 Å². The maximum absolute atomic E-state index is 11.7. The summed E-state index contributed by atoms with van der Waals surface area (Å²) in [5.74, 6) is 0.658. The van der Waals surface area contributed by atoms with E-state index >= 15 is 0 Å². The maximum atomic E-state index is 11.7. The van der Waals surface area contributed by atoms with Crippen LogP contribution in [-0.2, 0) is 4.79 Å². The van der Waals surface area contributed by atoms with Crippen LogP contribution in [0.4, 0.5) is 4.79 Å². The molecule has 0 bridgehead atoms. The zero-order valence-corrected chi connectivity index (χ0v) is 9.83. The van der Waals surface area contributed by atoms with Crippen molar-refractivity contribution in [3.05, 3.63) is 0 Å². The Bertz CT molecular complexity index is 294. The molecule has 5 nitrogen and oxygen atoms in total. The molecule has 2 fully saturated rings. The SMILES string of the molecule is O=C(O)[C@@H]1CSCN1C(=O)NCC1CCC1. The normalized spacial score (nSPS) is 25.2. The number of urea groups is 1. The summed E-state index contributed by atoms with van der Waals surface area (Å²) in [6.07, 6.45) is 3.60. The fourth-order valence-corrected chi connectivity index (χ4v) is 3.02. The van der Waals surface area contributed by atoms with E-state index in [0.29, 0.717) is 24.1 Å². The van der Waals surface area contributed by atoms with Crippen LogP contribution in [0.3, 0.4) is 0 Å². The monoisotopic (exact) mass is 244 g/mol. The summed E-state index contributed by atoms with van der Waals surface area (Å²) >= 11 is 1.49. The van der Waals surface area contributed by atoms with E-state index < -0.39 is 12.0 Å². The molecule has 0 aromatic heterocycles. The van der Waals surface area contributed by atoms with Gasteiger partial charge in [-0.15, -0.1) is 11.8 Å². The van der Waals surface area contributed by atoms with Gasteiger partial charge in [0.2, 0.25) is 0 Å². The number of amides is 2. The van der Waals surface area contributed by atoms with Gasteiger partial charge in [-0.2, -0.15) is 0 Å². The fourth-order valence-electron chi connectivity index (χ4n) is 1.88. The Hall–Kier alpha value is -0.910. The van der Waals surface area contributed by atoms with E-state index in [1.165, 1.54) is 35.9 Å². The highest BCUT2D eigenvalue weighted by molar-refractivity contribution is 7.99. The topological polar surface area (TPSA) is 69.6 Å². The van der Waals surface area contributed by atoms with Gasteiger partial charge in [-0.3, -0.25) is 0 Å². The first kappa shape index (κ1) is 11.6. The van der Waals surface area contributed by atoms with Crippen molar-refractivity contribution < 1.29 is 14.7 Å². The highest BCUT2D eigenvalue weighted by atomic mass is 32.2. The summed E-state index contributed by atoms with van der Waals surface area (Å²) in [5.41, 5.74) is 0. The molecule has 6 heteroatoms. The highest BCUT2D eigenvalue weighted by Crippen LogP contribution is 2.26. The lowest BCUT2D eigenvalue weighted by Gasteiger charge is -2.27. The smallest absolute Gasteiger partial charge is 0.327 e. The summed E-state index contributed by atoms with van der Waals surface area (Å²) in [6, 6.07) is -0.893. The van der Waals surface area contributed by atoms with E-state index in [9.17, 15) is 9.59 Å². The third-order valence-corrected chi connectivity index (χ3v) is 4.21. The fraction of sp³-hybridized carbons (Fsp3) is 0.800. The van der Waals surface area contributed by atoms with Crippen LogP contribution in [0.15, 0.2) is 0 Å². The Morgan fingerprint density at radius 2 is 2.19 bits per heavy atom. The Labute approximate surface area is 98.6 Å². The molecule has 90 valence electrons. The van der Waals surface area contributed by atoms with Crippen LogP contribution >= 0.6 is 11.8 Å². The number of hydrogen-bond acceptors (Lipinski definition) is 3. The van der Waals surface area contributed by atoms with Crippen molar-refractivity contribution in [1.82, 2.24) is 10.2 Å². The Balaban J connectivity index is 1.80. The molecule has 1 saturated heterocycles. The lowest BCUT2D eigenvalue weighted by atomic mass is 9.85. The number of thioether (sulfide) groups is 1. The predicted octanol–water partition coefficient (Wildman–Crippen LogP) is 0.956. The van der Waals surface area contributed by atoms with E-state index in [4.69, 9.17) is 5.11 Å². The minimum atomic E-state index is -0.913. The van der Waals surface area contributed by atoms with Gasteiger partial charge < -0.3 is 15.3 Å². The van der Waals surface area contributed by atoms with Gasteiger partial charge in [0.25, 0.3) is 0 Å². The molecule has 2 aliphatic rings. The zero-order valence-electron chi connectivity index (χ0n) is 9.02. The van der Waals surface area contributed by atoms with Crippen LogP contribution in [0.25, 0.3) is 0 Å². The van der Waals surface area contributed by atoms with Crippen LogP contribution in [0, 0.1) is 5.92 Å². The zero-order chi connectivity index (χ0) is 11.5. The number of hydrogen-bond donors (Lipinski definition) is 2. The number of carboxylic acids is 1. The molecule has 1 aliphatic carbocycles. The molecule has 0 aromatic carbocycles. The minimum absolute atomic E-state index is 0.232. The molecule has 2 rings (SSSR count). The highest BCUT2D eigenvalue weighted by Gasteiger charge is 2.34. The minimum Gasteiger partial charge on any atom is -0.480 e. The average molecular weight is 244 g/mol. The van der Waals surface area contributed by atoms with E-state index in [-0.39, 0.29) is 6.03 Å². The molecule has 1 atom stereocenters. The number of carbonyl (C=O) groups excluding carboxylic acids is 1. The molecule has 2 amide bonds. The number of aliphatic carboxylic acids is 1. The second kappa shape index (κ2) is 4.95. The van der Waals surface area contributed by atoms with E-state index in [1.807, 2.05) is 0 Å². The second-order valence-electron chi connectivity index (χ2n) is 4.31. The van der Waals surface area contributed by atoms with Crippen LogP contribution in [0.1, 0.15) is 19.3 Å². The van der Waals surface area contributed by atoms with Crippen LogP contribution in [0.2, 0.25) is 0 Å². The standard InChI is InChI=1S/C10H16N2O3S/c13-9(14)8-5-16-6-12(8)10(15)11-4-7-2-1-3-7/h7-8H,1-6H2,(H,11,15)(H,13,14)/t8-/m0/s1. The Kier molecular flexibility index (Phi) is 3.58. The summed E-state index contributed by atoms with van der Waals surface area (Å²) in [4.78, 5) is 24.0. The van der Waals surface area contributed by atoms with Gasteiger partial charge in [0.1, 0.15) is 6.04 Å². The van der Waals surface area contributed by atoms with Crippen molar-refractivity contribution >= 4 is 23.8 Å². The van der Waals surface area contributed by atoms with E-state index in [2.05, 4.69) is 5.32 Å². The molecule has 2 N–H and O–H groups in total. The van der Waals surface area contributed by atoms with Crippen molar-refractivity contribution in [3.63, 3.8) is 0 Å². The van der Waals surface area contributed by atoms with Gasteiger partial charge in [0.15, 0.2) is 0 Å². The third-order valence-electron chi connectivity index (χ3n) is 3.19. The van der Waals surface area contributed by atoms with E-state index in [1.54, 1.807) is 0 Å². The van der Waals surface area contributed by atoms with Gasteiger partial charge in [-0.25, -0.2) is 9.59 Å². The lowest BCUT2D eigenvalue weighted by molar-refractivity contribution is -0.140. The van der Waals surface area contributed by atoms with Gasteiger partial charge in [0, 0.05) is 12.3 Å². The molecule has 1 aliphatic heterocycles. The quantitative estimate of drug-likeness (QED) is 0.775. The van der Waals surface area contributed by atoms with Crippen molar-refractivity contribution in [3.8, 4) is 0 Å². The van der Waals surface area contributed by atoms with Gasteiger partial charge in [0.05, 0.1) is 5.88 Å². The maximum Gasteiger partial charge on any atom is 0.327 e. The Morgan fingerprint density at radius 1 is 1.44 bits per heavy atom. The molecular formula is C10H16N2O3S. The first-order valence-corrected chi connectivity index (χ1v) is 6.69. The number of carboxylic acid groups (broad SMARTS) is 1. The van der Waals surface area contributed by atoms with Crippen LogP contribution in [-0.4, -0.2) is 46.2 Å². The lowest BCUT2D eigenvalue weighted by Crippen LogP contribution is -2.48. The summed E-state index contributed by atoms with van der Waals surface area (Å²) in [5, 5.41) is 11.8. The number of rotatable bonds is 3. The summed E-state index contributed by atoms with van der Waals surface area (Å²) < 4.78 is 0. The number of nitrogens with one attached hydrogen (secondary N) is 1. The van der Waals surface area contributed by atoms with Crippen LogP contribution in [0.5, 0.6) is 0 Å². The molecular weight excluding hydrogens is 228 g/mol. The van der Waals surface area contributed by atoms with E-state index in [0.717, 1.165) is 0 Å². The van der Waals surface area contributed by atoms with Crippen molar-refractivity contribution in [2.24, 2.45) is 5.92 Å². The molecule has 0 spiro atoms. The molecule has 1 saturated carbocycles. The molecule has 16 heavy (non-hydrogen) atoms. The first-order valence-electron chi connectivity index (χ1n) is 5.53. The van der Waals surface area contributed by atoms with Crippen molar-refractivity contribution in [2.75, 3.05) is 18.2 Å². The summed E-state index contributed by atoms with van der Waals surface area (Å²) in [7, 11) is 0. The predicted molar refractivity (Wildman–Crippen MR) is 61.3 cm³/mol. The average Bonchev–Trinajstić information content (AvgIpc) is 2.63. The molecule has 0 aromatic rings. The third kappa shape index (κ3) is 2.42. The molecule has 1 heterocycles. The Morgan fingerprint density at radius 3 is 2.75 bits per heavy atom. The van der Waals surface area contributed by atoms with Gasteiger partial charge in [-0.1, -0.05) is 6.42 Å². The second-order valence-corrected chi connectivity index (χ2v) is 5.31. The van der Waals surface area contributed by atoms with Crippen molar-refractivity contribution in [1.29, 1.82) is 0 Å².